The predicted octanol–water partition coefficient (Wildman–Crippen LogP) is 2.78. The minimum absolute atomic E-state index is 0.211. The van der Waals surface area contributed by atoms with Crippen LogP contribution in [0.1, 0.15) is 12.8 Å². The highest BCUT2D eigenvalue weighted by molar-refractivity contribution is 7.93. The fourth-order valence-electron chi connectivity index (χ4n) is 1.44. The van der Waals surface area contributed by atoms with Gasteiger partial charge in [0.1, 0.15) is 0 Å². The normalized spacial score (nSPS) is 16.0. The smallest absolute Gasteiger partial charge is 0.237 e. The number of hydrogen-bond acceptors (Lipinski definition) is 5. The van der Waals surface area contributed by atoms with Crippen LogP contribution in [0.15, 0.2) is 22.9 Å². The van der Waals surface area contributed by atoms with E-state index in [1.165, 1.54) is 11.3 Å². The second kappa shape index (κ2) is 4.08. The third-order valence-electron chi connectivity index (χ3n) is 2.47. The largest absolute Gasteiger partial charge is 0.258 e. The lowest BCUT2D eigenvalue weighted by Crippen LogP contribution is -2.17. The zero-order valence-corrected chi connectivity index (χ0v) is 11.2. The molecule has 2 aromatic rings. The molecule has 0 spiro atoms. The summed E-state index contributed by atoms with van der Waals surface area (Å²) in [5, 5.41) is 4.09. The van der Waals surface area contributed by atoms with Gasteiger partial charge in [-0.1, -0.05) is 6.07 Å². The molecule has 1 fully saturated rings. The molecule has 0 unspecified atom stereocenters. The van der Waals surface area contributed by atoms with Crippen molar-refractivity contribution in [3.05, 3.63) is 22.9 Å². The number of nitrogens with one attached hydrogen (secondary N) is 1. The second-order valence-corrected chi connectivity index (χ2v) is 7.63. The monoisotopic (exact) mass is 286 g/mol. The topological polar surface area (TPSA) is 59.1 Å². The van der Waals surface area contributed by atoms with Crippen LogP contribution < -0.4 is 4.72 Å². The van der Waals surface area contributed by atoms with Crippen molar-refractivity contribution in [3.63, 3.8) is 0 Å². The highest BCUT2D eigenvalue weighted by atomic mass is 32.2. The van der Waals surface area contributed by atoms with E-state index < -0.39 is 10.0 Å². The SMILES string of the molecule is O=S(=O)(Nc1nc(-c2cccs2)cs1)C1CC1. The Bertz CT molecular complexity index is 612. The van der Waals surface area contributed by atoms with E-state index in [-0.39, 0.29) is 5.25 Å². The molecule has 0 atom stereocenters. The van der Waals surface area contributed by atoms with Crippen molar-refractivity contribution in [1.29, 1.82) is 0 Å². The standard InChI is InChI=1S/C10H10N2O2S3/c13-17(14,7-3-4-7)12-10-11-8(6-16-10)9-2-1-5-15-9/h1-2,5-7H,3-4H2,(H,11,12). The summed E-state index contributed by atoms with van der Waals surface area (Å²) in [7, 11) is -3.19. The van der Waals surface area contributed by atoms with Gasteiger partial charge in [-0.15, -0.1) is 22.7 Å². The molecule has 4 nitrogen and oxygen atoms in total. The molecule has 1 N–H and O–H groups in total. The summed E-state index contributed by atoms with van der Waals surface area (Å²) < 4.78 is 26.0. The Morgan fingerprint density at radius 2 is 2.18 bits per heavy atom. The van der Waals surface area contributed by atoms with Crippen LogP contribution in [0.4, 0.5) is 5.13 Å². The molecule has 2 heterocycles. The van der Waals surface area contributed by atoms with Crippen molar-refractivity contribution < 1.29 is 8.42 Å². The van der Waals surface area contributed by atoms with Gasteiger partial charge < -0.3 is 0 Å². The van der Waals surface area contributed by atoms with E-state index in [2.05, 4.69) is 9.71 Å². The highest BCUT2D eigenvalue weighted by Gasteiger charge is 2.36. The summed E-state index contributed by atoms with van der Waals surface area (Å²) in [5.41, 5.74) is 0.832. The summed E-state index contributed by atoms with van der Waals surface area (Å²) in [5.74, 6) is 0. The molecule has 2 aromatic heterocycles. The molecule has 1 aliphatic rings. The van der Waals surface area contributed by atoms with E-state index >= 15 is 0 Å². The third-order valence-corrected chi connectivity index (χ3v) is 6.08. The Morgan fingerprint density at radius 3 is 2.82 bits per heavy atom. The zero-order chi connectivity index (χ0) is 11.9. The van der Waals surface area contributed by atoms with E-state index in [1.807, 2.05) is 22.9 Å². The first kappa shape index (κ1) is 11.2. The van der Waals surface area contributed by atoms with Crippen molar-refractivity contribution in [3.8, 4) is 10.6 Å². The molecule has 0 bridgehead atoms. The first-order valence-electron chi connectivity index (χ1n) is 5.16. The maximum atomic E-state index is 11.7. The molecule has 7 heteroatoms. The fourth-order valence-corrected chi connectivity index (χ4v) is 4.51. The van der Waals surface area contributed by atoms with Gasteiger partial charge in [0.05, 0.1) is 15.8 Å². The van der Waals surface area contributed by atoms with Crippen molar-refractivity contribution >= 4 is 37.8 Å². The first-order valence-corrected chi connectivity index (χ1v) is 8.47. The molecule has 17 heavy (non-hydrogen) atoms. The summed E-state index contributed by atoms with van der Waals surface area (Å²) in [4.78, 5) is 5.34. The van der Waals surface area contributed by atoms with Gasteiger partial charge >= 0.3 is 0 Å². The quantitative estimate of drug-likeness (QED) is 0.940. The molecule has 0 aromatic carbocycles. The summed E-state index contributed by atoms with van der Waals surface area (Å²) in [6.45, 7) is 0. The lowest BCUT2D eigenvalue weighted by molar-refractivity contribution is 0.600. The molecule has 3 rings (SSSR count). The van der Waals surface area contributed by atoms with Gasteiger partial charge in [0.25, 0.3) is 0 Å². The van der Waals surface area contributed by atoms with Gasteiger partial charge in [-0.2, -0.15) is 0 Å². The van der Waals surface area contributed by atoms with Crippen molar-refractivity contribution in [2.75, 3.05) is 4.72 Å². The van der Waals surface area contributed by atoms with Gasteiger partial charge in [0, 0.05) is 5.38 Å². The van der Waals surface area contributed by atoms with Gasteiger partial charge in [-0.05, 0) is 24.3 Å². The van der Waals surface area contributed by atoms with E-state index in [0.717, 1.165) is 23.4 Å². The predicted molar refractivity (Wildman–Crippen MR) is 71.0 cm³/mol. The highest BCUT2D eigenvalue weighted by Crippen LogP contribution is 2.32. The van der Waals surface area contributed by atoms with Crippen molar-refractivity contribution in [2.24, 2.45) is 0 Å². The number of anilines is 1. The molecular formula is C10H10N2O2S3. The average molecular weight is 286 g/mol. The fraction of sp³-hybridized carbons (Fsp3) is 0.300. The molecule has 0 radical (unpaired) electrons. The Morgan fingerprint density at radius 1 is 1.35 bits per heavy atom. The number of sulfonamides is 1. The number of nitrogens with zero attached hydrogens (tertiary/aromatic N) is 1. The number of thiophene rings is 1. The van der Waals surface area contributed by atoms with Crippen LogP contribution in [0.5, 0.6) is 0 Å². The number of thiazole rings is 1. The van der Waals surface area contributed by atoms with Gasteiger partial charge in [-0.25, -0.2) is 13.4 Å². The van der Waals surface area contributed by atoms with Gasteiger partial charge in [0.2, 0.25) is 10.0 Å². The van der Waals surface area contributed by atoms with Crippen LogP contribution >= 0.6 is 22.7 Å². The minimum atomic E-state index is -3.19. The van der Waals surface area contributed by atoms with Crippen LogP contribution in [0.2, 0.25) is 0 Å². The van der Waals surface area contributed by atoms with E-state index in [0.29, 0.717) is 5.13 Å². The summed E-state index contributed by atoms with van der Waals surface area (Å²) in [6, 6.07) is 3.92. The van der Waals surface area contributed by atoms with Crippen molar-refractivity contribution in [1.82, 2.24) is 4.98 Å². The molecule has 0 saturated heterocycles. The lowest BCUT2D eigenvalue weighted by atomic mass is 10.4. The van der Waals surface area contributed by atoms with Crippen LogP contribution in [0.25, 0.3) is 10.6 Å². The van der Waals surface area contributed by atoms with Gasteiger partial charge in [0.15, 0.2) is 5.13 Å². The Labute approximate surface area is 107 Å². The van der Waals surface area contributed by atoms with E-state index in [9.17, 15) is 8.42 Å². The van der Waals surface area contributed by atoms with Crippen LogP contribution in [0, 0.1) is 0 Å². The van der Waals surface area contributed by atoms with E-state index in [1.54, 1.807) is 11.3 Å². The van der Waals surface area contributed by atoms with Crippen LogP contribution in [-0.2, 0) is 10.0 Å². The van der Waals surface area contributed by atoms with E-state index in [4.69, 9.17) is 0 Å². The minimum Gasteiger partial charge on any atom is -0.258 e. The number of aromatic nitrogens is 1. The third kappa shape index (κ3) is 2.36. The lowest BCUT2D eigenvalue weighted by Gasteiger charge is -2.01. The number of hydrogen-bond donors (Lipinski definition) is 1. The van der Waals surface area contributed by atoms with Crippen LogP contribution in [0.3, 0.4) is 0 Å². The molecular weight excluding hydrogens is 276 g/mol. The molecule has 90 valence electrons. The molecule has 0 aliphatic heterocycles. The maximum absolute atomic E-state index is 11.7. The first-order chi connectivity index (χ1) is 8.15. The summed E-state index contributed by atoms with van der Waals surface area (Å²) >= 11 is 2.92. The van der Waals surface area contributed by atoms with Crippen molar-refractivity contribution in [2.45, 2.75) is 18.1 Å². The molecule has 0 amide bonds. The Hall–Kier alpha value is -0.920. The second-order valence-electron chi connectivity index (χ2n) is 3.86. The molecule has 1 aliphatic carbocycles. The Balaban J connectivity index is 1.81. The maximum Gasteiger partial charge on any atom is 0.237 e. The van der Waals surface area contributed by atoms with Gasteiger partial charge in [-0.3, -0.25) is 4.72 Å². The summed E-state index contributed by atoms with van der Waals surface area (Å²) in [6.07, 6.45) is 1.52. The van der Waals surface area contributed by atoms with Crippen LogP contribution in [-0.4, -0.2) is 18.7 Å². The zero-order valence-electron chi connectivity index (χ0n) is 8.79. The number of rotatable bonds is 4. The average Bonchev–Trinajstić information content (AvgIpc) is 2.84. The molecule has 1 saturated carbocycles. The Kier molecular flexibility index (Phi) is 2.68.